The van der Waals surface area contributed by atoms with E-state index in [9.17, 15) is 7.38 Å². The molecule has 1 unspecified atom stereocenters. The summed E-state index contributed by atoms with van der Waals surface area (Å²) >= 11 is -5.00. The molecule has 3 aromatic rings. The van der Waals surface area contributed by atoms with Gasteiger partial charge < -0.3 is 0 Å². The summed E-state index contributed by atoms with van der Waals surface area (Å²) in [6.07, 6.45) is 0.387. The van der Waals surface area contributed by atoms with Crippen molar-refractivity contribution in [1.29, 1.82) is 0 Å². The minimum absolute atomic E-state index is 0.288. The number of hydrogen-bond acceptors (Lipinski definition) is 4. The van der Waals surface area contributed by atoms with E-state index in [0.717, 1.165) is 15.6 Å². The molecule has 0 aliphatic carbocycles. The van der Waals surface area contributed by atoms with Crippen molar-refractivity contribution in [2.75, 3.05) is 0 Å². The summed E-state index contributed by atoms with van der Waals surface area (Å²) in [7, 11) is -3.18. The molecule has 28 heavy (non-hydrogen) atoms. The molecule has 0 aliphatic rings. The molecule has 2 N–H and O–H groups in total. The van der Waals surface area contributed by atoms with Crippen LogP contribution >= 0.6 is 0 Å². The van der Waals surface area contributed by atoms with Crippen LogP contribution in [0.2, 0.25) is 0 Å². The van der Waals surface area contributed by atoms with E-state index in [4.69, 9.17) is 6.33 Å². The molecule has 0 amide bonds. The normalized spacial score (nSPS) is 13.3. The van der Waals surface area contributed by atoms with Gasteiger partial charge in [-0.2, -0.15) is 0 Å². The molecule has 0 saturated carbocycles. The second-order valence-electron chi connectivity index (χ2n) is 6.77. The van der Waals surface area contributed by atoms with E-state index in [-0.39, 0.29) is 6.10 Å². The van der Waals surface area contributed by atoms with Gasteiger partial charge in [0, 0.05) is 0 Å². The van der Waals surface area contributed by atoms with E-state index in [1.54, 1.807) is 0 Å². The van der Waals surface area contributed by atoms with Crippen LogP contribution in [0.25, 0.3) is 0 Å². The summed E-state index contributed by atoms with van der Waals surface area (Å²) in [5.41, 5.74) is 0. The van der Waals surface area contributed by atoms with E-state index in [2.05, 4.69) is 0 Å². The average Bonchev–Trinajstić information content (AvgIpc) is 2.73. The Balaban J connectivity index is 2.22. The van der Waals surface area contributed by atoms with Gasteiger partial charge in [0.05, 0.1) is 0 Å². The molecule has 0 aliphatic heterocycles. The van der Waals surface area contributed by atoms with E-state index >= 15 is 0 Å². The molecule has 0 radical (unpaired) electrons. The Bertz CT molecular complexity index is 763. The van der Waals surface area contributed by atoms with Crippen LogP contribution in [-0.2, 0) is 24.5 Å². The van der Waals surface area contributed by atoms with Gasteiger partial charge in [-0.15, -0.1) is 0 Å². The first-order valence-corrected chi connectivity index (χ1v) is 14.0. The fourth-order valence-electron chi connectivity index (χ4n) is 3.26. The summed E-state index contributed by atoms with van der Waals surface area (Å²) in [4.78, 5) is 0. The summed E-state index contributed by atoms with van der Waals surface area (Å²) in [5, 5.41) is 2.83. The number of hydrogen-bond donors (Lipinski definition) is 2. The maximum absolute atomic E-state index is 10.9. The molecule has 0 spiro atoms. The van der Waals surface area contributed by atoms with Crippen molar-refractivity contribution in [3.63, 3.8) is 0 Å². The van der Waals surface area contributed by atoms with Gasteiger partial charge in [-0.1, -0.05) is 0 Å². The Labute approximate surface area is 172 Å². The summed E-state index contributed by atoms with van der Waals surface area (Å²) < 4.78 is 33.7. The van der Waals surface area contributed by atoms with Crippen molar-refractivity contribution >= 4 is 23.9 Å². The Hall–Kier alpha value is -1.57. The van der Waals surface area contributed by atoms with Crippen molar-refractivity contribution in [2.45, 2.75) is 26.4 Å². The first-order valence-electron chi connectivity index (χ1n) is 9.47. The van der Waals surface area contributed by atoms with E-state index in [1.165, 1.54) is 0 Å². The fraction of sp³-hybridized carbons (Fsp3) is 0.182. The van der Waals surface area contributed by atoms with Crippen LogP contribution in [0.15, 0.2) is 91.0 Å². The van der Waals surface area contributed by atoms with Crippen LogP contribution in [0.5, 0.6) is 0 Å². The Kier molecular flexibility index (Phi) is 7.01. The van der Waals surface area contributed by atoms with Gasteiger partial charge in [0.2, 0.25) is 0 Å². The molecule has 1 atom stereocenters. The monoisotopic (exact) mass is 430 g/mol. The maximum atomic E-state index is 10.9. The third kappa shape index (κ3) is 4.70. The number of rotatable bonds is 8. The van der Waals surface area contributed by atoms with Crippen LogP contribution in [0.1, 0.15) is 20.3 Å². The standard InChI is InChI=1S/C18H15OSi.C4H9O.2H2O.Ti/c19-20(16-10-4-1-5-11-16,17-12-6-2-7-13-17)18-14-8-3-9-15-18;1-3-4(2)5;;;/h1-15H;4H,3H2,1-2H3;2*1H2;/q2*-1;;;+4/p-2. The van der Waals surface area contributed by atoms with Crippen LogP contribution in [0, 0.1) is 0 Å². The molecule has 3 aromatic carbocycles. The fourth-order valence-corrected chi connectivity index (χ4v) is 11.9. The molecule has 0 fully saturated rings. The third-order valence-corrected chi connectivity index (χ3v) is 12.6. The molecular weight excluding hydrogens is 404 g/mol. The van der Waals surface area contributed by atoms with Crippen LogP contribution < -0.4 is 15.6 Å². The average molecular weight is 430 g/mol. The molecular formula is C22H26O4SiTi. The van der Waals surface area contributed by atoms with Crippen molar-refractivity contribution in [1.82, 2.24) is 0 Å². The molecule has 6 heteroatoms. The molecule has 3 rings (SSSR count). The quantitative estimate of drug-likeness (QED) is 0.425. The van der Waals surface area contributed by atoms with Crippen LogP contribution in [0.3, 0.4) is 0 Å². The molecule has 0 saturated heterocycles. The van der Waals surface area contributed by atoms with Crippen molar-refractivity contribution < 1.29 is 31.8 Å². The molecule has 0 heterocycles. The van der Waals surface area contributed by atoms with E-state index in [0.29, 0.717) is 6.42 Å². The van der Waals surface area contributed by atoms with Crippen molar-refractivity contribution in [2.24, 2.45) is 0 Å². The molecule has 0 bridgehead atoms. The second-order valence-corrected chi connectivity index (χ2v) is 13.1. The Morgan fingerprint density at radius 2 is 1.11 bits per heavy atom. The minimum atomic E-state index is -5.00. The summed E-state index contributed by atoms with van der Waals surface area (Å²) in [6.45, 7) is 3.77. The summed E-state index contributed by atoms with van der Waals surface area (Å²) in [6, 6.07) is 29.5. The second kappa shape index (κ2) is 9.29. The molecule has 0 aromatic heterocycles. The van der Waals surface area contributed by atoms with Gasteiger partial charge in [0.1, 0.15) is 0 Å². The van der Waals surface area contributed by atoms with E-state index < -0.39 is 26.5 Å². The van der Waals surface area contributed by atoms with Gasteiger partial charge in [0.15, 0.2) is 0 Å². The van der Waals surface area contributed by atoms with Crippen LogP contribution in [0.4, 0.5) is 0 Å². The predicted molar refractivity (Wildman–Crippen MR) is 110 cm³/mol. The Morgan fingerprint density at radius 1 is 0.750 bits per heavy atom. The van der Waals surface area contributed by atoms with Crippen molar-refractivity contribution in [3.8, 4) is 0 Å². The predicted octanol–water partition coefficient (Wildman–Crippen LogP) is 2.28. The molecule has 4 nitrogen and oxygen atoms in total. The van der Waals surface area contributed by atoms with Gasteiger partial charge in [0.25, 0.3) is 0 Å². The molecule has 146 valence electrons. The van der Waals surface area contributed by atoms with E-state index in [1.807, 2.05) is 105 Å². The summed E-state index contributed by atoms with van der Waals surface area (Å²) in [5.74, 6) is 0. The first kappa shape index (κ1) is 21.1. The van der Waals surface area contributed by atoms with Gasteiger partial charge in [-0.3, -0.25) is 0 Å². The van der Waals surface area contributed by atoms with Gasteiger partial charge in [-0.05, 0) is 0 Å². The Morgan fingerprint density at radius 3 is 1.43 bits per heavy atom. The zero-order valence-corrected chi connectivity index (χ0v) is 18.7. The van der Waals surface area contributed by atoms with Crippen molar-refractivity contribution in [3.05, 3.63) is 91.0 Å². The van der Waals surface area contributed by atoms with Crippen LogP contribution in [-0.4, -0.2) is 21.8 Å². The zero-order chi connectivity index (χ0) is 20.0. The zero-order valence-electron chi connectivity index (χ0n) is 16.2. The van der Waals surface area contributed by atoms with Gasteiger partial charge >= 0.3 is 173 Å². The SMILES string of the molecule is CCC(C)[O][Ti]([OH])([OH])[O][Si](c1ccccc1)(c1ccccc1)c1ccccc1. The third-order valence-electron chi connectivity index (χ3n) is 4.76. The number of benzene rings is 3. The first-order chi connectivity index (χ1) is 13.5. The topological polar surface area (TPSA) is 58.9 Å². The van der Waals surface area contributed by atoms with Gasteiger partial charge in [-0.25, -0.2) is 0 Å².